The van der Waals surface area contributed by atoms with Crippen LogP contribution in [0.1, 0.15) is 224 Å². The standard InChI is InChI=1S/C14H20O2.C13H18O2.C10H14.3C9H18O3.C9H10.C6H10N2S3.2C3H6/c1-3-13-9-11(2)15-14(16-13)10-12-7-5-4-6-8-12;1-3-12-9-10(2)14-13(15-12)11-7-5-4-6-8-11;1-3-9(2)10-7-5-4-6-8-10;3*1-5-9(2,3)8(10)12-7-6-11-4;1-8(2)9-6-4-3-5-7-9;1-3-9-5-7-8-6(11-5)10-4-2;2*1-3-2/h4-8,11,13-14H,3,9-10H2,1-2H3;4-8,10,12-13H,3,9H2,1-2H3;4-9H,3H2,1-2H3;3*5-7H2,1-4H3;3-7H,1H2,2H3;3-4H2,1-2H3;2*3H,1H2,2H3. The van der Waals surface area contributed by atoms with Crippen LogP contribution in [0.3, 0.4) is 0 Å². The van der Waals surface area contributed by atoms with Gasteiger partial charge in [0, 0.05) is 33.3 Å². The highest BCUT2D eigenvalue weighted by Gasteiger charge is 2.30. The Morgan fingerprint density at radius 3 is 1.22 bits per heavy atom. The number of rotatable bonds is 27. The number of allylic oxidation sites excluding steroid dienone is 3. The average molecular weight is 1490 g/mol. The van der Waals surface area contributed by atoms with E-state index in [4.69, 9.17) is 47.4 Å². The molecule has 2 aliphatic heterocycles. The summed E-state index contributed by atoms with van der Waals surface area (Å²) in [5.41, 5.74) is 5.08. The maximum atomic E-state index is 11.3. The molecule has 103 heavy (non-hydrogen) atoms. The zero-order valence-electron chi connectivity index (χ0n) is 67.8. The number of ether oxygens (including phenoxy) is 10. The quantitative estimate of drug-likeness (QED) is 0.0160. The van der Waals surface area contributed by atoms with Crippen molar-refractivity contribution in [3.63, 3.8) is 0 Å². The van der Waals surface area contributed by atoms with E-state index in [1.54, 1.807) is 68.3 Å². The number of thioether (sulfide) groups is 2. The summed E-state index contributed by atoms with van der Waals surface area (Å²) in [5.74, 6) is 2.41. The Morgan fingerprint density at radius 1 is 0.544 bits per heavy atom. The molecule has 2 aliphatic rings. The van der Waals surface area contributed by atoms with Gasteiger partial charge >= 0.3 is 17.9 Å². The van der Waals surface area contributed by atoms with Crippen LogP contribution in [0.15, 0.2) is 162 Å². The molecular weight excluding hydrogens is 1350 g/mol. The maximum Gasteiger partial charge on any atom is 0.311 e. The second-order valence-electron chi connectivity index (χ2n) is 26.0. The Labute approximate surface area is 638 Å². The van der Waals surface area contributed by atoms with E-state index in [1.807, 2.05) is 126 Å². The molecule has 7 unspecified atom stereocenters. The van der Waals surface area contributed by atoms with Crippen molar-refractivity contribution >= 4 is 58.3 Å². The highest BCUT2D eigenvalue weighted by Crippen LogP contribution is 2.32. The third-order valence-electron chi connectivity index (χ3n) is 15.9. The van der Waals surface area contributed by atoms with Crippen LogP contribution in [0.4, 0.5) is 0 Å². The largest absolute Gasteiger partial charge is 0.463 e. The molecule has 0 saturated carbocycles. The molecule has 3 heterocycles. The first kappa shape index (κ1) is 102. The van der Waals surface area contributed by atoms with E-state index < -0.39 is 0 Å². The van der Waals surface area contributed by atoms with E-state index in [2.05, 4.69) is 164 Å². The number of nitrogens with zero attached hydrogens (tertiary/aromatic N) is 2. The van der Waals surface area contributed by atoms with Crippen LogP contribution < -0.4 is 0 Å². The molecule has 1 aromatic heterocycles. The first-order chi connectivity index (χ1) is 49.0. The van der Waals surface area contributed by atoms with Crippen molar-refractivity contribution in [1.29, 1.82) is 0 Å². The molecule has 7 atom stereocenters. The molecule has 5 aromatic rings. The Morgan fingerprint density at radius 2 is 0.893 bits per heavy atom. The normalized spacial score (nSPS) is 16.7. The number of hydrogen-bond acceptors (Lipinski definition) is 18. The molecule has 15 nitrogen and oxygen atoms in total. The molecule has 2 fully saturated rings. The lowest BCUT2D eigenvalue weighted by Crippen LogP contribution is -2.37. The predicted octanol–water partition coefficient (Wildman–Crippen LogP) is 22.4. The van der Waals surface area contributed by atoms with E-state index in [0.29, 0.717) is 63.9 Å². The third-order valence-corrected chi connectivity index (χ3v) is 18.8. The number of esters is 3. The first-order valence-electron chi connectivity index (χ1n) is 36.7. The Hall–Kier alpha value is -5.51. The van der Waals surface area contributed by atoms with Crippen molar-refractivity contribution in [2.45, 2.75) is 248 Å². The summed E-state index contributed by atoms with van der Waals surface area (Å²) in [5, 5.41) is 8.07. The second-order valence-corrected chi connectivity index (χ2v) is 30.0. The lowest BCUT2D eigenvalue weighted by atomic mass is 9.91. The number of methoxy groups -OCH3 is 3. The summed E-state index contributed by atoms with van der Waals surface area (Å²) < 4.78 is 54.7. The molecule has 0 radical (unpaired) electrons. The minimum atomic E-state index is -0.367. The van der Waals surface area contributed by atoms with E-state index in [1.165, 1.54) is 23.1 Å². The predicted molar refractivity (Wildman–Crippen MR) is 435 cm³/mol. The minimum Gasteiger partial charge on any atom is -0.463 e. The molecule has 0 bridgehead atoms. The molecule has 0 spiro atoms. The second kappa shape index (κ2) is 63.7. The van der Waals surface area contributed by atoms with Gasteiger partial charge in [-0.3, -0.25) is 14.4 Å². The van der Waals surface area contributed by atoms with Crippen LogP contribution in [0, 0.1) is 16.2 Å². The van der Waals surface area contributed by atoms with Crippen LogP contribution in [-0.2, 0) is 68.2 Å². The van der Waals surface area contributed by atoms with Gasteiger partial charge in [-0.15, -0.1) is 23.4 Å². The Kier molecular flexibility index (Phi) is 62.9. The average Bonchev–Trinajstić information content (AvgIpc) is 1.42. The highest BCUT2D eigenvalue weighted by molar-refractivity contribution is 8.03. The molecule has 2 saturated heterocycles. The summed E-state index contributed by atoms with van der Waals surface area (Å²) in [6.07, 6.45) is 13.1. The van der Waals surface area contributed by atoms with E-state index in [0.717, 1.165) is 82.7 Å². The third kappa shape index (κ3) is 51.4. The fourth-order valence-electron chi connectivity index (χ4n) is 8.06. The summed E-state index contributed by atoms with van der Waals surface area (Å²) in [4.78, 5) is 33.9. The number of benzene rings is 4. The van der Waals surface area contributed by atoms with Crippen LogP contribution in [-0.4, -0.2) is 131 Å². The fraction of sp³-hybridized carbons (Fsp3) is 0.588. The van der Waals surface area contributed by atoms with Crippen molar-refractivity contribution in [3.05, 3.63) is 175 Å². The van der Waals surface area contributed by atoms with Gasteiger partial charge in [-0.1, -0.05) is 243 Å². The van der Waals surface area contributed by atoms with Gasteiger partial charge in [0.1, 0.15) is 19.8 Å². The van der Waals surface area contributed by atoms with Crippen molar-refractivity contribution in [2.24, 2.45) is 16.2 Å². The first-order valence-corrected chi connectivity index (χ1v) is 39.5. The van der Waals surface area contributed by atoms with Crippen molar-refractivity contribution < 1.29 is 61.8 Å². The molecule has 0 amide bonds. The lowest BCUT2D eigenvalue weighted by molar-refractivity contribution is -0.243. The van der Waals surface area contributed by atoms with Crippen LogP contribution >= 0.6 is 34.9 Å². The smallest absolute Gasteiger partial charge is 0.311 e. The topological polar surface area (TPSA) is 169 Å². The molecule has 584 valence electrons. The van der Waals surface area contributed by atoms with Gasteiger partial charge in [-0.25, -0.2) is 0 Å². The van der Waals surface area contributed by atoms with Crippen LogP contribution in [0.5, 0.6) is 0 Å². The van der Waals surface area contributed by atoms with Crippen LogP contribution in [0.25, 0.3) is 5.57 Å². The highest BCUT2D eigenvalue weighted by atomic mass is 32.2. The Bertz CT molecular complexity index is 2740. The van der Waals surface area contributed by atoms with E-state index in [-0.39, 0.29) is 52.8 Å². The van der Waals surface area contributed by atoms with Crippen molar-refractivity contribution in [1.82, 2.24) is 10.2 Å². The van der Waals surface area contributed by atoms with E-state index in [9.17, 15) is 14.4 Å². The van der Waals surface area contributed by atoms with Crippen molar-refractivity contribution in [2.75, 3.05) is 72.5 Å². The summed E-state index contributed by atoms with van der Waals surface area (Å²) in [7, 11) is 4.75. The zero-order chi connectivity index (χ0) is 78.5. The lowest BCUT2D eigenvalue weighted by Gasteiger charge is -2.34. The monoisotopic (exact) mass is 1490 g/mol. The van der Waals surface area contributed by atoms with Gasteiger partial charge in [-0.2, -0.15) is 0 Å². The summed E-state index contributed by atoms with van der Waals surface area (Å²) >= 11 is 5.19. The van der Waals surface area contributed by atoms with Gasteiger partial charge in [0.15, 0.2) is 21.3 Å². The van der Waals surface area contributed by atoms with Gasteiger partial charge in [0.05, 0.1) is 60.5 Å². The maximum absolute atomic E-state index is 11.3. The molecule has 4 aromatic carbocycles. The van der Waals surface area contributed by atoms with Crippen molar-refractivity contribution in [3.8, 4) is 0 Å². The summed E-state index contributed by atoms with van der Waals surface area (Å²) in [6.45, 7) is 53.2. The van der Waals surface area contributed by atoms with Gasteiger partial charge in [0.25, 0.3) is 0 Å². The van der Waals surface area contributed by atoms with Gasteiger partial charge < -0.3 is 47.4 Å². The van der Waals surface area contributed by atoms with Gasteiger partial charge in [-0.05, 0) is 162 Å². The van der Waals surface area contributed by atoms with Gasteiger partial charge in [0.2, 0.25) is 0 Å². The zero-order valence-corrected chi connectivity index (χ0v) is 70.3. The number of hydrogen-bond donors (Lipinski definition) is 0. The molecule has 18 heteroatoms. The SMILES string of the molecule is C=C(C)c1ccccc1.C=CC.C=CC.CCC(C)(C)C(=O)OCCOC.CCC(C)(C)C(=O)OCCOC.CCC(C)(C)C(=O)OCCOC.CCC(C)c1ccccc1.CCC1CC(C)OC(Cc2ccccc2)O1.CCC1CC(C)OC(c2ccccc2)O1.CCSc1nnc(SCC)s1. The van der Waals surface area contributed by atoms with Crippen LogP contribution in [0.2, 0.25) is 0 Å². The van der Waals surface area contributed by atoms with E-state index >= 15 is 0 Å². The molecule has 0 N–H and O–H groups in total. The molecule has 0 aliphatic carbocycles. The number of carbonyl (C=O) groups is 3. The summed E-state index contributed by atoms with van der Waals surface area (Å²) in [6, 6.07) is 41.3. The minimum absolute atomic E-state index is 0.0731. The molecular formula is C85H138N2O13S3. The number of aromatic nitrogens is 2. The number of carbonyl (C=O) groups excluding carboxylic acids is 3. The fourth-order valence-corrected chi connectivity index (χ4v) is 10.9. The Balaban J connectivity index is -0.00000110. The molecule has 7 rings (SSSR count).